The zero-order valence-corrected chi connectivity index (χ0v) is 17.1. The topological polar surface area (TPSA) is 114 Å². The first kappa shape index (κ1) is 20.5. The Balaban J connectivity index is 1.55. The van der Waals surface area contributed by atoms with E-state index in [1.807, 2.05) is 0 Å². The van der Waals surface area contributed by atoms with E-state index in [1.54, 1.807) is 18.5 Å². The van der Waals surface area contributed by atoms with Crippen LogP contribution in [0.1, 0.15) is 10.5 Å². The minimum absolute atomic E-state index is 0.115. The van der Waals surface area contributed by atoms with Gasteiger partial charge in [0.2, 0.25) is 10.0 Å². The standard InChI is InChI=1S/C18H16FN5O4S2/c19-13-3-2-12(10-15(13)30(26,27)24-6-8-28-9-7-24)22-17(25)14-11-29-18(23-14)16-20-4-1-5-21-16/h1-5,10-11H,6-9H2,(H,22,25). The van der Waals surface area contributed by atoms with Gasteiger partial charge in [0.05, 0.1) is 13.2 Å². The predicted octanol–water partition coefficient (Wildman–Crippen LogP) is 2.01. The second-order valence-electron chi connectivity index (χ2n) is 6.23. The number of benzene rings is 1. The van der Waals surface area contributed by atoms with Crippen molar-refractivity contribution in [2.45, 2.75) is 4.90 Å². The van der Waals surface area contributed by atoms with Gasteiger partial charge in [0.25, 0.3) is 5.91 Å². The molecule has 4 rings (SSSR count). The number of rotatable bonds is 5. The lowest BCUT2D eigenvalue weighted by Gasteiger charge is -2.26. The normalized spacial score (nSPS) is 15.1. The molecule has 0 spiro atoms. The number of anilines is 1. The molecule has 0 aliphatic carbocycles. The van der Waals surface area contributed by atoms with Crippen molar-refractivity contribution in [3.05, 3.63) is 53.6 Å². The molecule has 3 aromatic rings. The Morgan fingerprint density at radius 3 is 2.67 bits per heavy atom. The van der Waals surface area contributed by atoms with Crippen LogP contribution in [0.25, 0.3) is 10.8 Å². The Morgan fingerprint density at radius 1 is 1.20 bits per heavy atom. The van der Waals surface area contributed by atoms with E-state index in [0.29, 0.717) is 10.8 Å². The fourth-order valence-electron chi connectivity index (χ4n) is 2.79. The summed E-state index contributed by atoms with van der Waals surface area (Å²) in [5.74, 6) is -1.06. The maximum Gasteiger partial charge on any atom is 0.275 e. The van der Waals surface area contributed by atoms with E-state index in [2.05, 4.69) is 20.3 Å². The molecule has 3 heterocycles. The number of nitrogens with zero attached hydrogens (tertiary/aromatic N) is 4. The van der Waals surface area contributed by atoms with Crippen LogP contribution in [0, 0.1) is 5.82 Å². The number of sulfonamides is 1. The second kappa shape index (κ2) is 8.52. The summed E-state index contributed by atoms with van der Waals surface area (Å²) in [5.41, 5.74) is 0.253. The van der Waals surface area contributed by atoms with Crippen LogP contribution in [-0.2, 0) is 14.8 Å². The summed E-state index contributed by atoms with van der Waals surface area (Å²) in [6, 6.07) is 5.07. The number of morpholine rings is 1. The number of thiazole rings is 1. The summed E-state index contributed by atoms with van der Waals surface area (Å²) >= 11 is 1.20. The van der Waals surface area contributed by atoms with Crippen LogP contribution in [-0.4, -0.2) is 59.9 Å². The summed E-state index contributed by atoms with van der Waals surface area (Å²) in [6.45, 7) is 0.770. The molecule has 0 atom stereocenters. The molecule has 9 nitrogen and oxygen atoms in total. The SMILES string of the molecule is O=C(Nc1ccc(F)c(S(=O)(=O)N2CCOCC2)c1)c1csc(-c2ncccn2)n1. The number of carbonyl (C=O) groups is 1. The van der Waals surface area contributed by atoms with Gasteiger partial charge in [0.15, 0.2) is 10.8 Å². The minimum Gasteiger partial charge on any atom is -0.379 e. The summed E-state index contributed by atoms with van der Waals surface area (Å²) in [5, 5.41) is 4.56. The summed E-state index contributed by atoms with van der Waals surface area (Å²) in [6.07, 6.45) is 3.14. The van der Waals surface area contributed by atoms with Crippen LogP contribution in [0.2, 0.25) is 0 Å². The van der Waals surface area contributed by atoms with Gasteiger partial charge in [-0.25, -0.2) is 27.8 Å². The molecule has 1 N–H and O–H groups in total. The van der Waals surface area contributed by atoms with Crippen molar-refractivity contribution in [2.24, 2.45) is 0 Å². The van der Waals surface area contributed by atoms with E-state index in [9.17, 15) is 17.6 Å². The predicted molar refractivity (Wildman–Crippen MR) is 107 cm³/mol. The molecule has 1 saturated heterocycles. The van der Waals surface area contributed by atoms with Crippen molar-refractivity contribution in [3.8, 4) is 10.8 Å². The van der Waals surface area contributed by atoms with Crippen LogP contribution < -0.4 is 5.32 Å². The quantitative estimate of drug-likeness (QED) is 0.634. The zero-order chi connectivity index (χ0) is 21.1. The number of aromatic nitrogens is 3. The summed E-state index contributed by atoms with van der Waals surface area (Å²) < 4.78 is 46.1. The van der Waals surface area contributed by atoms with Gasteiger partial charge < -0.3 is 10.1 Å². The number of ether oxygens (including phenoxy) is 1. The van der Waals surface area contributed by atoms with Gasteiger partial charge >= 0.3 is 0 Å². The van der Waals surface area contributed by atoms with E-state index < -0.39 is 26.6 Å². The number of amides is 1. The average Bonchev–Trinajstić information content (AvgIpc) is 3.27. The van der Waals surface area contributed by atoms with Crippen LogP contribution in [0.4, 0.5) is 10.1 Å². The van der Waals surface area contributed by atoms with E-state index >= 15 is 0 Å². The number of halogens is 1. The van der Waals surface area contributed by atoms with Crippen LogP contribution in [0.15, 0.2) is 46.9 Å². The number of carbonyl (C=O) groups excluding carboxylic acids is 1. The molecule has 1 aliphatic heterocycles. The van der Waals surface area contributed by atoms with Crippen molar-refractivity contribution in [1.29, 1.82) is 0 Å². The van der Waals surface area contributed by atoms with E-state index in [4.69, 9.17) is 4.74 Å². The van der Waals surface area contributed by atoms with Crippen LogP contribution >= 0.6 is 11.3 Å². The van der Waals surface area contributed by atoms with E-state index in [-0.39, 0.29) is 37.7 Å². The third kappa shape index (κ3) is 4.21. The largest absolute Gasteiger partial charge is 0.379 e. The maximum absolute atomic E-state index is 14.3. The third-order valence-corrected chi connectivity index (χ3v) is 7.02. The van der Waals surface area contributed by atoms with Gasteiger partial charge in [-0.3, -0.25) is 4.79 Å². The first-order valence-electron chi connectivity index (χ1n) is 8.87. The van der Waals surface area contributed by atoms with E-state index in [1.165, 1.54) is 22.8 Å². The molecule has 0 bridgehead atoms. The zero-order valence-electron chi connectivity index (χ0n) is 15.5. The lowest BCUT2D eigenvalue weighted by Crippen LogP contribution is -2.40. The Labute approximate surface area is 175 Å². The Kier molecular flexibility index (Phi) is 5.81. The van der Waals surface area contributed by atoms with Crippen molar-refractivity contribution >= 4 is 33.0 Å². The minimum atomic E-state index is -4.05. The Bertz CT molecular complexity index is 1160. The molecule has 1 amide bonds. The third-order valence-electron chi connectivity index (χ3n) is 4.27. The first-order valence-corrected chi connectivity index (χ1v) is 11.2. The highest BCUT2D eigenvalue weighted by atomic mass is 32.2. The van der Waals surface area contributed by atoms with Gasteiger partial charge in [0, 0.05) is 36.6 Å². The molecule has 1 fully saturated rings. The van der Waals surface area contributed by atoms with Gasteiger partial charge in [-0.2, -0.15) is 4.31 Å². The van der Waals surface area contributed by atoms with Crippen LogP contribution in [0.3, 0.4) is 0 Å². The summed E-state index contributed by atoms with van der Waals surface area (Å²) in [4.78, 5) is 24.4. The number of nitrogens with one attached hydrogen (secondary N) is 1. The fraction of sp³-hybridized carbons (Fsp3) is 0.222. The first-order chi connectivity index (χ1) is 14.4. The Morgan fingerprint density at radius 2 is 1.93 bits per heavy atom. The molecule has 30 heavy (non-hydrogen) atoms. The average molecular weight is 449 g/mol. The molecule has 2 aromatic heterocycles. The molecule has 12 heteroatoms. The molecular weight excluding hydrogens is 433 g/mol. The van der Waals surface area contributed by atoms with Gasteiger partial charge in [-0.05, 0) is 24.3 Å². The second-order valence-corrected chi connectivity index (χ2v) is 8.99. The molecule has 1 aliphatic rings. The molecule has 0 saturated carbocycles. The van der Waals surface area contributed by atoms with E-state index in [0.717, 1.165) is 16.4 Å². The van der Waals surface area contributed by atoms with Crippen molar-refractivity contribution < 1.29 is 22.3 Å². The lowest BCUT2D eigenvalue weighted by atomic mass is 10.3. The van der Waals surface area contributed by atoms with Crippen molar-refractivity contribution in [2.75, 3.05) is 31.6 Å². The monoisotopic (exact) mass is 449 g/mol. The molecule has 156 valence electrons. The molecule has 1 aromatic carbocycles. The molecule has 0 radical (unpaired) electrons. The number of hydrogen-bond donors (Lipinski definition) is 1. The fourth-order valence-corrected chi connectivity index (χ4v) is 5.03. The Hall–Kier alpha value is -2.80. The van der Waals surface area contributed by atoms with Gasteiger partial charge in [-0.1, -0.05) is 0 Å². The molecule has 0 unspecified atom stereocenters. The lowest BCUT2D eigenvalue weighted by molar-refractivity contribution is 0.0729. The summed E-state index contributed by atoms with van der Waals surface area (Å²) in [7, 11) is -4.05. The maximum atomic E-state index is 14.3. The highest BCUT2D eigenvalue weighted by molar-refractivity contribution is 7.89. The highest BCUT2D eigenvalue weighted by Crippen LogP contribution is 2.25. The van der Waals surface area contributed by atoms with Crippen LogP contribution in [0.5, 0.6) is 0 Å². The highest BCUT2D eigenvalue weighted by Gasteiger charge is 2.29. The number of hydrogen-bond acceptors (Lipinski definition) is 8. The van der Waals surface area contributed by atoms with Gasteiger partial charge in [0.1, 0.15) is 16.4 Å². The van der Waals surface area contributed by atoms with Gasteiger partial charge in [-0.15, -0.1) is 11.3 Å². The smallest absolute Gasteiger partial charge is 0.275 e. The van der Waals surface area contributed by atoms with Crippen molar-refractivity contribution in [1.82, 2.24) is 19.3 Å². The molecular formula is C18H16FN5O4S2. The van der Waals surface area contributed by atoms with Crippen molar-refractivity contribution in [3.63, 3.8) is 0 Å².